The van der Waals surface area contributed by atoms with Gasteiger partial charge in [0.2, 0.25) is 0 Å². The molecule has 0 bridgehead atoms. The predicted molar refractivity (Wildman–Crippen MR) is 108 cm³/mol. The second-order valence-corrected chi connectivity index (χ2v) is 7.66. The lowest BCUT2D eigenvalue weighted by Gasteiger charge is -2.36. The van der Waals surface area contributed by atoms with Gasteiger partial charge in [0.1, 0.15) is 0 Å². The van der Waals surface area contributed by atoms with Crippen LogP contribution in [0, 0.1) is 5.82 Å². The zero-order chi connectivity index (χ0) is 19.1. The summed E-state index contributed by atoms with van der Waals surface area (Å²) in [5, 5.41) is 8.23. The summed E-state index contributed by atoms with van der Waals surface area (Å²) in [6.07, 6.45) is 1.85. The number of aromatic amines is 1. The number of halogens is 1. The number of aromatic nitrogens is 2. The van der Waals surface area contributed by atoms with Crippen LogP contribution in [0.4, 0.5) is 10.1 Å². The third-order valence-electron chi connectivity index (χ3n) is 6.12. The third kappa shape index (κ3) is 2.97. The van der Waals surface area contributed by atoms with Gasteiger partial charge in [0.25, 0.3) is 0 Å². The molecule has 146 valence electrons. The number of anilines is 1. The van der Waals surface area contributed by atoms with E-state index in [0.717, 1.165) is 48.2 Å². The van der Waals surface area contributed by atoms with E-state index in [1.54, 1.807) is 0 Å². The Hall–Kier alpha value is -2.44. The van der Waals surface area contributed by atoms with Gasteiger partial charge in [-0.25, -0.2) is 4.39 Å². The molecule has 1 saturated heterocycles. The Balaban J connectivity index is 1.58. The molecule has 5 rings (SSSR count). The van der Waals surface area contributed by atoms with Crippen LogP contribution in [0.2, 0.25) is 0 Å². The van der Waals surface area contributed by atoms with Gasteiger partial charge in [-0.05, 0) is 35.9 Å². The summed E-state index contributed by atoms with van der Waals surface area (Å²) < 4.78 is 21.0. The monoisotopic (exact) mass is 380 g/mol. The lowest BCUT2D eigenvalue weighted by Crippen LogP contribution is -2.38. The standard InChI is InChI=1S/C22H25FN4O/c1-2-26-13-18(15-3-5-20-16(11-15)12-24-25-20)17-4-6-21(22(23)19(17)14-26)27-7-9-28-10-8-27/h3-6,11-12,18H,2,7-10,13-14H2,1H3,(H,24,25). The average Bonchev–Trinajstić information content (AvgIpc) is 3.22. The summed E-state index contributed by atoms with van der Waals surface area (Å²) in [7, 11) is 0. The van der Waals surface area contributed by atoms with Crippen LogP contribution in [0.1, 0.15) is 29.5 Å². The molecule has 2 aliphatic rings. The van der Waals surface area contributed by atoms with E-state index in [1.807, 2.05) is 12.3 Å². The van der Waals surface area contributed by atoms with Crippen molar-refractivity contribution in [3.8, 4) is 0 Å². The number of likely N-dealkylation sites (N-methyl/N-ethyl adjacent to an activating group) is 1. The summed E-state index contributed by atoms with van der Waals surface area (Å²) >= 11 is 0. The van der Waals surface area contributed by atoms with Crippen molar-refractivity contribution in [1.29, 1.82) is 0 Å². The number of fused-ring (bicyclic) bond motifs is 2. The van der Waals surface area contributed by atoms with Crippen molar-refractivity contribution >= 4 is 16.6 Å². The molecule has 0 aliphatic carbocycles. The molecule has 0 amide bonds. The van der Waals surface area contributed by atoms with Crippen LogP contribution in [-0.2, 0) is 11.3 Å². The first-order valence-corrected chi connectivity index (χ1v) is 10.0. The zero-order valence-electron chi connectivity index (χ0n) is 16.1. The van der Waals surface area contributed by atoms with Crippen molar-refractivity contribution in [2.75, 3.05) is 44.3 Å². The number of morpholine rings is 1. The molecular weight excluding hydrogens is 355 g/mol. The Morgan fingerprint density at radius 1 is 1.21 bits per heavy atom. The van der Waals surface area contributed by atoms with Crippen LogP contribution in [0.5, 0.6) is 0 Å². The molecule has 2 aromatic carbocycles. The zero-order valence-corrected chi connectivity index (χ0v) is 16.1. The van der Waals surface area contributed by atoms with E-state index in [9.17, 15) is 0 Å². The Morgan fingerprint density at radius 2 is 2.07 bits per heavy atom. The number of benzene rings is 2. The van der Waals surface area contributed by atoms with Crippen molar-refractivity contribution in [2.24, 2.45) is 0 Å². The fourth-order valence-corrected chi connectivity index (χ4v) is 4.51. The SMILES string of the molecule is CCN1Cc2c(ccc(N3CCOCC3)c2F)C(c2ccc3[nH]ncc3c2)C1. The van der Waals surface area contributed by atoms with E-state index in [-0.39, 0.29) is 11.7 Å². The van der Waals surface area contributed by atoms with Crippen LogP contribution in [0.15, 0.2) is 36.5 Å². The highest BCUT2D eigenvalue weighted by Crippen LogP contribution is 2.38. The maximum atomic E-state index is 15.6. The quantitative estimate of drug-likeness (QED) is 0.755. The number of hydrogen-bond acceptors (Lipinski definition) is 4. The fraction of sp³-hybridized carbons (Fsp3) is 0.409. The van der Waals surface area contributed by atoms with Crippen LogP contribution < -0.4 is 4.90 Å². The number of nitrogens with zero attached hydrogens (tertiary/aromatic N) is 3. The van der Waals surface area contributed by atoms with Gasteiger partial charge >= 0.3 is 0 Å². The number of hydrogen-bond donors (Lipinski definition) is 1. The van der Waals surface area contributed by atoms with Crippen molar-refractivity contribution in [3.05, 3.63) is 59.0 Å². The van der Waals surface area contributed by atoms with Gasteiger partial charge in [0.05, 0.1) is 30.6 Å². The highest BCUT2D eigenvalue weighted by molar-refractivity contribution is 5.79. The highest BCUT2D eigenvalue weighted by atomic mass is 19.1. The molecule has 1 atom stereocenters. The number of ether oxygens (including phenoxy) is 1. The lowest BCUT2D eigenvalue weighted by atomic mass is 9.83. The van der Waals surface area contributed by atoms with Crippen molar-refractivity contribution in [3.63, 3.8) is 0 Å². The van der Waals surface area contributed by atoms with Gasteiger partial charge in [-0.3, -0.25) is 10.00 Å². The normalized spacial score (nSPS) is 20.5. The molecule has 3 aromatic rings. The summed E-state index contributed by atoms with van der Waals surface area (Å²) in [6, 6.07) is 10.5. The minimum atomic E-state index is -0.0630. The first kappa shape index (κ1) is 17.6. The van der Waals surface area contributed by atoms with Gasteiger partial charge in [-0.2, -0.15) is 5.10 Å². The Bertz CT molecular complexity index is 995. The van der Waals surface area contributed by atoms with E-state index < -0.39 is 0 Å². The van der Waals surface area contributed by atoms with Gasteiger partial charge in [-0.15, -0.1) is 0 Å². The molecule has 28 heavy (non-hydrogen) atoms. The maximum absolute atomic E-state index is 15.6. The van der Waals surface area contributed by atoms with Crippen LogP contribution >= 0.6 is 0 Å². The highest BCUT2D eigenvalue weighted by Gasteiger charge is 2.30. The largest absolute Gasteiger partial charge is 0.378 e. The smallest absolute Gasteiger partial charge is 0.151 e. The molecule has 1 N–H and O–H groups in total. The third-order valence-corrected chi connectivity index (χ3v) is 6.12. The van der Waals surface area contributed by atoms with Gasteiger partial charge in [-0.1, -0.05) is 19.1 Å². The molecule has 6 heteroatoms. The fourth-order valence-electron chi connectivity index (χ4n) is 4.51. The second kappa shape index (κ2) is 7.18. The Kier molecular flexibility index (Phi) is 4.53. The Morgan fingerprint density at radius 3 is 2.89 bits per heavy atom. The van der Waals surface area contributed by atoms with E-state index in [2.05, 4.69) is 51.2 Å². The van der Waals surface area contributed by atoms with Crippen molar-refractivity contribution < 1.29 is 9.13 Å². The molecular formula is C22H25FN4O. The van der Waals surface area contributed by atoms with Crippen molar-refractivity contribution in [2.45, 2.75) is 19.4 Å². The molecule has 0 radical (unpaired) electrons. The van der Waals surface area contributed by atoms with Crippen LogP contribution in [0.25, 0.3) is 10.9 Å². The molecule has 1 fully saturated rings. The number of H-pyrrole nitrogens is 1. The first-order chi connectivity index (χ1) is 13.7. The van der Waals surface area contributed by atoms with Crippen LogP contribution in [-0.4, -0.2) is 54.5 Å². The molecule has 0 spiro atoms. The van der Waals surface area contributed by atoms with Gasteiger partial charge in [0.15, 0.2) is 5.82 Å². The second-order valence-electron chi connectivity index (χ2n) is 7.66. The van der Waals surface area contributed by atoms with E-state index in [1.165, 1.54) is 5.56 Å². The number of nitrogens with one attached hydrogen (secondary N) is 1. The van der Waals surface area contributed by atoms with Gasteiger partial charge < -0.3 is 9.64 Å². The van der Waals surface area contributed by atoms with Gasteiger partial charge in [0, 0.05) is 43.0 Å². The molecule has 5 nitrogen and oxygen atoms in total. The topological polar surface area (TPSA) is 44.4 Å². The molecule has 0 saturated carbocycles. The van der Waals surface area contributed by atoms with Crippen molar-refractivity contribution in [1.82, 2.24) is 15.1 Å². The Labute approximate surface area is 164 Å². The molecule has 1 aromatic heterocycles. The number of rotatable bonds is 3. The summed E-state index contributed by atoms with van der Waals surface area (Å²) in [5.41, 5.74) is 4.91. The van der Waals surface area contributed by atoms with E-state index in [4.69, 9.17) is 4.74 Å². The van der Waals surface area contributed by atoms with Crippen LogP contribution in [0.3, 0.4) is 0 Å². The summed E-state index contributed by atoms with van der Waals surface area (Å²) in [5.74, 6) is 0.100. The lowest BCUT2D eigenvalue weighted by molar-refractivity contribution is 0.122. The molecule has 3 heterocycles. The predicted octanol–water partition coefficient (Wildman–Crippen LogP) is 3.51. The summed E-state index contributed by atoms with van der Waals surface area (Å²) in [4.78, 5) is 4.44. The molecule has 2 aliphatic heterocycles. The maximum Gasteiger partial charge on any atom is 0.151 e. The summed E-state index contributed by atoms with van der Waals surface area (Å²) in [6.45, 7) is 7.43. The van der Waals surface area contributed by atoms with E-state index in [0.29, 0.717) is 25.4 Å². The molecule has 1 unspecified atom stereocenters. The minimum Gasteiger partial charge on any atom is -0.378 e. The average molecular weight is 380 g/mol. The first-order valence-electron chi connectivity index (χ1n) is 10.0. The minimum absolute atomic E-state index is 0.0630. The van der Waals surface area contributed by atoms with E-state index >= 15 is 4.39 Å².